The van der Waals surface area contributed by atoms with Gasteiger partial charge in [-0.3, -0.25) is 9.69 Å². The Kier molecular flexibility index (Phi) is 3.28. The first-order valence-electron chi connectivity index (χ1n) is 6.75. The molecular formula is C15H17N3O2. The molecule has 1 aromatic carbocycles. The van der Waals surface area contributed by atoms with Crippen LogP contribution in [-0.4, -0.2) is 22.5 Å². The van der Waals surface area contributed by atoms with E-state index in [1.807, 2.05) is 12.1 Å². The number of nitrogens with zero attached hydrogens (tertiary/aromatic N) is 2. The first kappa shape index (κ1) is 12.9. The molecular weight excluding hydrogens is 254 g/mol. The molecule has 0 radical (unpaired) electrons. The van der Waals surface area contributed by atoms with Crippen LogP contribution in [-0.2, 0) is 13.1 Å². The van der Waals surface area contributed by atoms with Gasteiger partial charge in [0, 0.05) is 24.8 Å². The average molecular weight is 271 g/mol. The number of aryl methyl sites for hydroxylation is 1. The predicted octanol–water partition coefficient (Wildman–Crippen LogP) is 2.57. The van der Waals surface area contributed by atoms with E-state index < -0.39 is 0 Å². The number of benzene rings is 1. The molecule has 2 heterocycles. The van der Waals surface area contributed by atoms with Crippen molar-refractivity contribution in [3.8, 4) is 0 Å². The van der Waals surface area contributed by atoms with Gasteiger partial charge < -0.3 is 9.84 Å². The molecule has 0 saturated carbocycles. The summed E-state index contributed by atoms with van der Waals surface area (Å²) in [7, 11) is 0. The number of carbonyl (C=O) groups is 1. The molecule has 1 aliphatic rings. The zero-order valence-corrected chi connectivity index (χ0v) is 11.6. The van der Waals surface area contributed by atoms with Crippen molar-refractivity contribution in [1.29, 1.82) is 0 Å². The third-order valence-electron chi connectivity index (χ3n) is 3.60. The van der Waals surface area contributed by atoms with Crippen LogP contribution in [0.1, 0.15) is 34.3 Å². The van der Waals surface area contributed by atoms with Crippen LogP contribution in [0.25, 0.3) is 0 Å². The maximum Gasteiger partial charge on any atom is 0.277 e. The van der Waals surface area contributed by atoms with Crippen LogP contribution in [0.2, 0.25) is 0 Å². The molecule has 0 saturated heterocycles. The van der Waals surface area contributed by atoms with E-state index in [1.165, 1.54) is 11.1 Å². The molecule has 5 nitrogen and oxygen atoms in total. The Morgan fingerprint density at radius 2 is 2.30 bits per heavy atom. The second-order valence-electron chi connectivity index (χ2n) is 5.02. The molecule has 3 rings (SSSR count). The first-order chi connectivity index (χ1) is 9.67. The molecule has 0 bridgehead atoms. The Balaban J connectivity index is 1.83. The van der Waals surface area contributed by atoms with Gasteiger partial charge in [0.05, 0.1) is 0 Å². The van der Waals surface area contributed by atoms with E-state index in [9.17, 15) is 4.79 Å². The Bertz CT molecular complexity index is 648. The van der Waals surface area contributed by atoms with Crippen molar-refractivity contribution in [3.05, 3.63) is 46.8 Å². The number of nitrogens with one attached hydrogen (secondary N) is 1. The molecule has 1 amide bonds. The fraction of sp³-hybridized carbons (Fsp3) is 0.333. The van der Waals surface area contributed by atoms with E-state index in [1.54, 1.807) is 13.0 Å². The summed E-state index contributed by atoms with van der Waals surface area (Å²) in [6, 6.07) is 7.65. The Labute approximate surface area is 117 Å². The van der Waals surface area contributed by atoms with Crippen molar-refractivity contribution in [3.63, 3.8) is 0 Å². The van der Waals surface area contributed by atoms with Crippen LogP contribution in [0, 0.1) is 6.92 Å². The van der Waals surface area contributed by atoms with Gasteiger partial charge in [0.15, 0.2) is 5.69 Å². The maximum atomic E-state index is 12.1. The number of fused-ring (bicyclic) bond motifs is 1. The lowest BCUT2D eigenvalue weighted by molar-refractivity contribution is 0.101. The lowest BCUT2D eigenvalue weighted by Gasteiger charge is -2.11. The summed E-state index contributed by atoms with van der Waals surface area (Å²) in [4.78, 5) is 14.5. The fourth-order valence-electron chi connectivity index (χ4n) is 2.49. The predicted molar refractivity (Wildman–Crippen MR) is 75.4 cm³/mol. The molecule has 1 aromatic heterocycles. The Morgan fingerprint density at radius 1 is 1.45 bits per heavy atom. The zero-order chi connectivity index (χ0) is 14.1. The summed E-state index contributed by atoms with van der Waals surface area (Å²) in [6.07, 6.45) is 0. The molecule has 0 atom stereocenters. The third-order valence-corrected chi connectivity index (χ3v) is 3.60. The van der Waals surface area contributed by atoms with E-state index >= 15 is 0 Å². The molecule has 0 spiro atoms. The second-order valence-corrected chi connectivity index (χ2v) is 5.02. The molecule has 0 fully saturated rings. The lowest BCUT2D eigenvalue weighted by Crippen LogP contribution is -2.16. The number of carbonyl (C=O) groups excluding carboxylic acids is 1. The van der Waals surface area contributed by atoms with Gasteiger partial charge in [-0.15, -0.1) is 0 Å². The summed E-state index contributed by atoms with van der Waals surface area (Å²) >= 11 is 0. The second kappa shape index (κ2) is 5.09. The number of amides is 1. The number of rotatable bonds is 3. The Hall–Kier alpha value is -2.14. The highest BCUT2D eigenvalue weighted by atomic mass is 16.5. The van der Waals surface area contributed by atoms with Crippen LogP contribution in [0.5, 0.6) is 0 Å². The number of hydrogen-bond acceptors (Lipinski definition) is 4. The number of anilines is 1. The molecule has 5 heteroatoms. The molecule has 1 N–H and O–H groups in total. The van der Waals surface area contributed by atoms with Crippen LogP contribution < -0.4 is 5.32 Å². The standard InChI is InChI=1S/C15H17N3O2/c1-3-18-8-11-5-4-6-13(12(11)9-18)16-15(19)14-7-10(2)20-17-14/h4-7H,3,8-9H2,1-2H3,(H,16,19). The van der Waals surface area contributed by atoms with E-state index in [2.05, 4.69) is 28.4 Å². The largest absolute Gasteiger partial charge is 0.361 e. The maximum absolute atomic E-state index is 12.1. The van der Waals surface area contributed by atoms with Crippen LogP contribution >= 0.6 is 0 Å². The third kappa shape index (κ3) is 2.32. The van der Waals surface area contributed by atoms with Gasteiger partial charge in [0.2, 0.25) is 0 Å². The van der Waals surface area contributed by atoms with Crippen molar-refractivity contribution in [2.24, 2.45) is 0 Å². The zero-order valence-electron chi connectivity index (χ0n) is 11.6. The lowest BCUT2D eigenvalue weighted by atomic mass is 10.1. The van der Waals surface area contributed by atoms with E-state index in [0.717, 1.165) is 25.3 Å². The van der Waals surface area contributed by atoms with E-state index in [-0.39, 0.29) is 5.91 Å². The molecule has 20 heavy (non-hydrogen) atoms. The number of hydrogen-bond donors (Lipinski definition) is 1. The molecule has 104 valence electrons. The highest BCUT2D eigenvalue weighted by Gasteiger charge is 2.21. The minimum atomic E-state index is -0.231. The highest BCUT2D eigenvalue weighted by molar-refractivity contribution is 6.03. The normalized spacial score (nSPS) is 14.3. The van der Waals surface area contributed by atoms with Crippen molar-refractivity contribution in [1.82, 2.24) is 10.1 Å². The van der Waals surface area contributed by atoms with Gasteiger partial charge in [-0.25, -0.2) is 0 Å². The summed E-state index contributed by atoms with van der Waals surface area (Å²) in [5, 5.41) is 6.67. The van der Waals surface area contributed by atoms with Gasteiger partial charge >= 0.3 is 0 Å². The van der Waals surface area contributed by atoms with Gasteiger partial charge in [-0.1, -0.05) is 24.2 Å². The summed E-state index contributed by atoms with van der Waals surface area (Å²) in [5.74, 6) is 0.399. The first-order valence-corrected chi connectivity index (χ1v) is 6.75. The van der Waals surface area contributed by atoms with Crippen LogP contribution in [0.4, 0.5) is 5.69 Å². The fourth-order valence-corrected chi connectivity index (χ4v) is 2.49. The topological polar surface area (TPSA) is 58.4 Å². The summed E-state index contributed by atoms with van der Waals surface area (Å²) in [6.45, 7) is 6.73. The van der Waals surface area contributed by atoms with Crippen LogP contribution in [0.3, 0.4) is 0 Å². The minimum absolute atomic E-state index is 0.231. The number of aromatic nitrogens is 1. The Morgan fingerprint density at radius 3 is 3.00 bits per heavy atom. The average Bonchev–Trinajstić information content (AvgIpc) is 3.05. The quantitative estimate of drug-likeness (QED) is 0.932. The van der Waals surface area contributed by atoms with Gasteiger partial charge in [0.25, 0.3) is 5.91 Å². The summed E-state index contributed by atoms with van der Waals surface area (Å²) in [5.41, 5.74) is 3.65. The minimum Gasteiger partial charge on any atom is -0.361 e. The van der Waals surface area contributed by atoms with Crippen molar-refractivity contribution < 1.29 is 9.32 Å². The monoisotopic (exact) mass is 271 g/mol. The van der Waals surface area contributed by atoms with Gasteiger partial charge in [-0.05, 0) is 30.7 Å². The SMILES string of the molecule is CCN1Cc2cccc(NC(=O)c3cc(C)on3)c2C1. The van der Waals surface area contributed by atoms with Crippen LogP contribution in [0.15, 0.2) is 28.8 Å². The highest BCUT2D eigenvalue weighted by Crippen LogP contribution is 2.29. The van der Waals surface area contributed by atoms with E-state index in [0.29, 0.717) is 11.5 Å². The van der Waals surface area contributed by atoms with Crippen molar-refractivity contribution in [2.45, 2.75) is 26.9 Å². The molecule has 0 unspecified atom stereocenters. The molecule has 1 aliphatic heterocycles. The van der Waals surface area contributed by atoms with E-state index in [4.69, 9.17) is 4.52 Å². The molecule has 0 aliphatic carbocycles. The summed E-state index contributed by atoms with van der Waals surface area (Å²) < 4.78 is 4.93. The molecule has 2 aromatic rings. The smallest absolute Gasteiger partial charge is 0.277 e. The van der Waals surface area contributed by atoms with Crippen molar-refractivity contribution in [2.75, 3.05) is 11.9 Å². The van der Waals surface area contributed by atoms with Crippen molar-refractivity contribution >= 4 is 11.6 Å². The van der Waals surface area contributed by atoms with Gasteiger partial charge in [0.1, 0.15) is 5.76 Å². The van der Waals surface area contributed by atoms with Gasteiger partial charge in [-0.2, -0.15) is 0 Å².